The first kappa shape index (κ1) is 10.8. The average Bonchev–Trinajstić information content (AvgIpc) is 2.77. The second kappa shape index (κ2) is 3.70. The van der Waals surface area contributed by atoms with Gasteiger partial charge >= 0.3 is 0 Å². The van der Waals surface area contributed by atoms with Crippen molar-refractivity contribution in [3.8, 4) is 0 Å². The summed E-state index contributed by atoms with van der Waals surface area (Å²) in [4.78, 5) is 16.1. The first-order valence-electron chi connectivity index (χ1n) is 6.66. The Morgan fingerprint density at radius 3 is 2.72 bits per heavy atom. The van der Waals surface area contributed by atoms with Gasteiger partial charge in [-0.2, -0.15) is 0 Å². The summed E-state index contributed by atoms with van der Waals surface area (Å²) in [6.45, 7) is 0. The fraction of sp³-hybridized carbons (Fsp3) is 0.571. The highest BCUT2D eigenvalue weighted by Gasteiger charge is 2.65. The smallest absolute Gasteiger partial charge is 0.254 e. The van der Waals surface area contributed by atoms with E-state index in [1.54, 1.807) is 18.5 Å². The van der Waals surface area contributed by atoms with Gasteiger partial charge in [-0.25, -0.2) is 0 Å². The van der Waals surface area contributed by atoms with E-state index in [4.69, 9.17) is 11.6 Å². The van der Waals surface area contributed by atoms with E-state index in [9.17, 15) is 4.79 Å². The summed E-state index contributed by atoms with van der Waals surface area (Å²) in [6.07, 6.45) is 7.28. The Balaban J connectivity index is 1.48. The minimum absolute atomic E-state index is 0.0631. The lowest BCUT2D eigenvalue weighted by Gasteiger charge is -2.11. The number of hydrogen-bond acceptors (Lipinski definition) is 2. The van der Waals surface area contributed by atoms with Crippen molar-refractivity contribution in [2.45, 2.75) is 25.3 Å². The summed E-state index contributed by atoms with van der Waals surface area (Å²) in [5, 5.41) is 3.63. The zero-order chi connectivity index (χ0) is 12.3. The number of hydrogen-bond donors (Lipinski definition) is 1. The molecule has 1 aromatic heterocycles. The van der Waals surface area contributed by atoms with Gasteiger partial charge in [0.2, 0.25) is 0 Å². The normalized spacial score (nSPS) is 39.5. The molecule has 0 aliphatic heterocycles. The maximum absolute atomic E-state index is 12.1. The fourth-order valence-electron chi connectivity index (χ4n) is 4.29. The molecule has 0 aromatic carbocycles. The van der Waals surface area contributed by atoms with Crippen molar-refractivity contribution >= 4 is 17.5 Å². The first-order chi connectivity index (χ1) is 8.75. The third kappa shape index (κ3) is 1.43. The monoisotopic (exact) mass is 262 g/mol. The third-order valence-corrected chi connectivity index (χ3v) is 5.38. The molecule has 1 N–H and O–H groups in total. The van der Waals surface area contributed by atoms with Crippen LogP contribution < -0.4 is 5.32 Å². The second-order valence-corrected chi connectivity index (χ2v) is 6.25. The van der Waals surface area contributed by atoms with Crippen molar-refractivity contribution in [1.29, 1.82) is 0 Å². The Hall–Kier alpha value is -1.09. The molecule has 4 atom stereocenters. The molecule has 4 heteroatoms. The van der Waals surface area contributed by atoms with Crippen LogP contribution in [0.5, 0.6) is 0 Å². The van der Waals surface area contributed by atoms with E-state index in [-0.39, 0.29) is 5.91 Å². The van der Waals surface area contributed by atoms with Gasteiger partial charge in [0.15, 0.2) is 0 Å². The molecule has 1 amide bonds. The van der Waals surface area contributed by atoms with Crippen molar-refractivity contribution in [1.82, 2.24) is 10.3 Å². The van der Waals surface area contributed by atoms with E-state index in [1.165, 1.54) is 19.3 Å². The third-order valence-electron chi connectivity index (χ3n) is 5.05. The van der Waals surface area contributed by atoms with E-state index >= 15 is 0 Å². The standard InChI is InChI=1S/C14H15ClN2O/c15-10-3-4-16-6-9(10)14(18)17-13-11-7-1-2-8(5-7)12(11)13/h3-4,6-8,11-13H,1-2,5H2,(H,17,18). The van der Waals surface area contributed by atoms with Crippen molar-refractivity contribution in [2.75, 3.05) is 0 Å². The number of nitrogens with one attached hydrogen (secondary N) is 1. The van der Waals surface area contributed by atoms with Crippen LogP contribution in [0.3, 0.4) is 0 Å². The molecule has 0 spiro atoms. The Morgan fingerprint density at radius 2 is 2.06 bits per heavy atom. The highest BCUT2D eigenvalue weighted by atomic mass is 35.5. The Kier molecular flexibility index (Phi) is 2.22. The van der Waals surface area contributed by atoms with Crippen molar-refractivity contribution < 1.29 is 4.79 Å². The fourth-order valence-corrected chi connectivity index (χ4v) is 4.48. The number of fused-ring (bicyclic) bond motifs is 5. The second-order valence-electron chi connectivity index (χ2n) is 5.84. The summed E-state index contributed by atoms with van der Waals surface area (Å²) >= 11 is 6.01. The number of carbonyl (C=O) groups excluding carboxylic acids is 1. The van der Waals surface area contributed by atoms with Crippen LogP contribution in [-0.2, 0) is 0 Å². The number of pyridine rings is 1. The van der Waals surface area contributed by atoms with Crippen molar-refractivity contribution in [2.24, 2.45) is 23.7 Å². The summed E-state index contributed by atoms with van der Waals surface area (Å²) in [5.74, 6) is 3.18. The van der Waals surface area contributed by atoms with Gasteiger partial charge in [0, 0.05) is 18.4 Å². The van der Waals surface area contributed by atoms with Gasteiger partial charge in [-0.1, -0.05) is 11.6 Å². The molecule has 0 radical (unpaired) electrons. The minimum atomic E-state index is -0.0631. The van der Waals surface area contributed by atoms with Crippen LogP contribution in [0.2, 0.25) is 5.02 Å². The molecule has 4 unspecified atom stereocenters. The number of nitrogens with zero attached hydrogens (tertiary/aromatic N) is 1. The average molecular weight is 263 g/mol. The molecular weight excluding hydrogens is 248 g/mol. The highest BCUT2D eigenvalue weighted by molar-refractivity contribution is 6.33. The maximum atomic E-state index is 12.1. The summed E-state index contributed by atoms with van der Waals surface area (Å²) in [6, 6.07) is 2.06. The number of amides is 1. The number of rotatable bonds is 2. The van der Waals surface area contributed by atoms with E-state index in [0.29, 0.717) is 16.6 Å². The maximum Gasteiger partial charge on any atom is 0.254 e. The van der Waals surface area contributed by atoms with Crippen LogP contribution in [-0.4, -0.2) is 16.9 Å². The van der Waals surface area contributed by atoms with Gasteiger partial charge in [-0.15, -0.1) is 0 Å². The number of halogens is 1. The van der Waals surface area contributed by atoms with Gasteiger partial charge in [0.1, 0.15) is 0 Å². The zero-order valence-electron chi connectivity index (χ0n) is 9.97. The van der Waals surface area contributed by atoms with Crippen LogP contribution in [0.4, 0.5) is 0 Å². The number of carbonyl (C=O) groups is 1. The van der Waals surface area contributed by atoms with Crippen LogP contribution >= 0.6 is 11.6 Å². The van der Waals surface area contributed by atoms with Gasteiger partial charge in [0.25, 0.3) is 5.91 Å². The predicted octanol–water partition coefficient (Wildman–Crippen LogP) is 2.51. The molecule has 18 heavy (non-hydrogen) atoms. The molecule has 1 heterocycles. The number of aromatic nitrogens is 1. The van der Waals surface area contributed by atoms with Crippen LogP contribution in [0, 0.1) is 23.7 Å². The molecule has 94 valence electrons. The first-order valence-corrected chi connectivity index (χ1v) is 7.04. The van der Waals surface area contributed by atoms with E-state index in [2.05, 4.69) is 10.3 Å². The molecule has 0 saturated heterocycles. The van der Waals surface area contributed by atoms with E-state index < -0.39 is 0 Å². The quantitative estimate of drug-likeness (QED) is 0.890. The lowest BCUT2D eigenvalue weighted by Crippen LogP contribution is -2.30. The van der Waals surface area contributed by atoms with Gasteiger partial charge in [-0.05, 0) is 49.0 Å². The Morgan fingerprint density at radius 1 is 1.33 bits per heavy atom. The summed E-state index contributed by atoms with van der Waals surface area (Å²) < 4.78 is 0. The van der Waals surface area contributed by atoms with Crippen LogP contribution in [0.25, 0.3) is 0 Å². The molecule has 1 aromatic rings. The van der Waals surface area contributed by atoms with Crippen molar-refractivity contribution in [3.63, 3.8) is 0 Å². The molecule has 3 fully saturated rings. The lowest BCUT2D eigenvalue weighted by molar-refractivity contribution is 0.0944. The summed E-state index contributed by atoms with van der Waals surface area (Å²) in [7, 11) is 0. The van der Waals surface area contributed by atoms with E-state index in [0.717, 1.165) is 23.7 Å². The van der Waals surface area contributed by atoms with Crippen molar-refractivity contribution in [3.05, 3.63) is 29.0 Å². The molecule has 3 aliphatic rings. The largest absolute Gasteiger partial charge is 0.349 e. The topological polar surface area (TPSA) is 42.0 Å². The molecule has 3 saturated carbocycles. The molecular formula is C14H15ClN2O. The molecule has 4 rings (SSSR count). The minimum Gasteiger partial charge on any atom is -0.349 e. The van der Waals surface area contributed by atoms with Gasteiger partial charge in [-0.3, -0.25) is 9.78 Å². The van der Waals surface area contributed by atoms with Crippen LogP contribution in [0.15, 0.2) is 18.5 Å². The van der Waals surface area contributed by atoms with Gasteiger partial charge < -0.3 is 5.32 Å². The Labute approximate surface area is 111 Å². The SMILES string of the molecule is O=C(NC1C2C3CCC(C3)C12)c1cnccc1Cl. The highest BCUT2D eigenvalue weighted by Crippen LogP contribution is 2.65. The molecule has 3 nitrogen and oxygen atoms in total. The lowest BCUT2D eigenvalue weighted by atomic mass is 10.0. The molecule has 3 aliphatic carbocycles. The van der Waals surface area contributed by atoms with E-state index in [1.807, 2.05) is 0 Å². The summed E-state index contributed by atoms with van der Waals surface area (Å²) in [5.41, 5.74) is 0.497. The molecule has 2 bridgehead atoms. The predicted molar refractivity (Wildman–Crippen MR) is 68.3 cm³/mol. The zero-order valence-corrected chi connectivity index (χ0v) is 10.7. The Bertz CT molecular complexity index is 502. The van der Waals surface area contributed by atoms with Crippen LogP contribution in [0.1, 0.15) is 29.6 Å². The van der Waals surface area contributed by atoms with Gasteiger partial charge in [0.05, 0.1) is 10.6 Å².